The third kappa shape index (κ3) is 0.901. The number of hydrogen-bond acceptors (Lipinski definition) is 1. The molecule has 2 heterocycles. The van der Waals surface area contributed by atoms with Crippen LogP contribution in [0.3, 0.4) is 0 Å². The zero-order valence-electron chi connectivity index (χ0n) is 6.99. The van der Waals surface area contributed by atoms with Crippen molar-refractivity contribution in [3.63, 3.8) is 0 Å². The van der Waals surface area contributed by atoms with Crippen molar-refractivity contribution in [1.82, 2.24) is 9.88 Å². The molecule has 0 saturated heterocycles. The molecule has 2 aromatic heterocycles. The Balaban J connectivity index is 2.64. The fourth-order valence-corrected chi connectivity index (χ4v) is 1.70. The molecule has 0 aliphatic heterocycles. The molecule has 0 spiro atoms. The molecule has 13 heavy (non-hydrogen) atoms. The molecule has 60 valence electrons. The molecule has 0 bridgehead atoms. The van der Waals surface area contributed by atoms with Gasteiger partial charge in [-0.15, -0.1) is 0 Å². The minimum absolute atomic E-state index is 1.10. The zero-order valence-corrected chi connectivity index (χ0v) is 6.99. The number of H-pyrrole nitrogens is 1. The summed E-state index contributed by atoms with van der Waals surface area (Å²) in [5.41, 5.74) is 2.27. The molecule has 0 atom stereocenters. The summed E-state index contributed by atoms with van der Waals surface area (Å²) in [5.74, 6) is 0. The van der Waals surface area contributed by atoms with E-state index in [-0.39, 0.29) is 0 Å². The number of rotatable bonds is 0. The number of aromatic amines is 1. The quantitative estimate of drug-likeness (QED) is 0.543. The number of fused-ring (bicyclic) bond motifs is 3. The zero-order chi connectivity index (χ0) is 8.67. The summed E-state index contributed by atoms with van der Waals surface area (Å²) < 4.78 is 0. The fraction of sp³-hybridized carbons (Fsp3) is 0. The van der Waals surface area contributed by atoms with Crippen molar-refractivity contribution in [3.8, 4) is 0 Å². The summed E-state index contributed by atoms with van der Waals surface area (Å²) in [4.78, 5) is 7.39. The molecule has 0 aliphatic rings. The topological polar surface area (TPSA) is 28.7 Å². The second-order valence-corrected chi connectivity index (χ2v) is 3.09. The van der Waals surface area contributed by atoms with Crippen molar-refractivity contribution in [1.29, 1.82) is 0 Å². The third-order valence-corrected chi connectivity index (χ3v) is 2.31. The summed E-state index contributed by atoms with van der Waals surface area (Å²) in [6.07, 6.45) is 1.82. The van der Waals surface area contributed by atoms with Gasteiger partial charge in [0.05, 0.1) is 0 Å². The second kappa shape index (κ2) is 2.42. The van der Waals surface area contributed by atoms with Gasteiger partial charge in [-0.3, -0.25) is 0 Å². The molecule has 0 aliphatic carbocycles. The first-order valence-electron chi connectivity index (χ1n) is 4.25. The van der Waals surface area contributed by atoms with E-state index in [2.05, 4.69) is 28.1 Å². The SMILES string of the molecule is b1nccc2c1[nH]c1ccccc12. The van der Waals surface area contributed by atoms with Gasteiger partial charge in [0.1, 0.15) is 0 Å². The number of hydrogen-bond donors (Lipinski definition) is 1. The monoisotopic (exact) mass is 166 g/mol. The summed E-state index contributed by atoms with van der Waals surface area (Å²) >= 11 is 0. The van der Waals surface area contributed by atoms with Gasteiger partial charge in [0, 0.05) is 0 Å². The van der Waals surface area contributed by atoms with Crippen LogP contribution in [-0.4, -0.2) is 16.9 Å². The van der Waals surface area contributed by atoms with Crippen LogP contribution < -0.4 is 0 Å². The number of aromatic nitrogens is 2. The molecule has 0 amide bonds. The van der Waals surface area contributed by atoms with Gasteiger partial charge in [0.25, 0.3) is 0 Å². The van der Waals surface area contributed by atoms with E-state index in [1.165, 1.54) is 16.3 Å². The summed E-state index contributed by atoms with van der Waals surface area (Å²) in [6.45, 7) is 0. The Hall–Kier alpha value is -1.64. The van der Waals surface area contributed by atoms with Gasteiger partial charge >= 0.3 is 75.2 Å². The Labute approximate surface area is 75.8 Å². The molecule has 3 heteroatoms. The van der Waals surface area contributed by atoms with Crippen LogP contribution >= 0.6 is 0 Å². The molecule has 1 aromatic carbocycles. The first kappa shape index (κ1) is 6.84. The van der Waals surface area contributed by atoms with Crippen LogP contribution in [0.2, 0.25) is 0 Å². The normalized spacial score (nSPS) is 10.8. The van der Waals surface area contributed by atoms with Crippen LogP contribution in [0.4, 0.5) is 0 Å². The first-order chi connectivity index (χ1) is 6.45. The van der Waals surface area contributed by atoms with Gasteiger partial charge in [-0.1, -0.05) is 0 Å². The maximum atomic E-state index is 4.08. The average molecular weight is 166 g/mol. The summed E-state index contributed by atoms with van der Waals surface area (Å²) in [6, 6.07) is 10.3. The molecule has 2 nitrogen and oxygen atoms in total. The predicted octanol–water partition coefficient (Wildman–Crippen LogP) is 2.05. The van der Waals surface area contributed by atoms with Crippen LogP contribution in [0.25, 0.3) is 21.7 Å². The molecule has 1 N–H and O–H groups in total. The van der Waals surface area contributed by atoms with E-state index in [1.807, 2.05) is 25.4 Å². The van der Waals surface area contributed by atoms with E-state index >= 15 is 0 Å². The molecule has 0 radical (unpaired) electrons. The maximum absolute atomic E-state index is 4.08. The van der Waals surface area contributed by atoms with Crippen LogP contribution in [0.5, 0.6) is 0 Å². The fourth-order valence-electron chi connectivity index (χ4n) is 1.70. The van der Waals surface area contributed by atoms with Gasteiger partial charge in [-0.05, 0) is 0 Å². The summed E-state index contributed by atoms with van der Waals surface area (Å²) in [7, 11) is 1.86. The van der Waals surface area contributed by atoms with E-state index in [4.69, 9.17) is 0 Å². The van der Waals surface area contributed by atoms with Crippen molar-refractivity contribution in [2.75, 3.05) is 0 Å². The van der Waals surface area contributed by atoms with Crippen molar-refractivity contribution in [2.45, 2.75) is 0 Å². The van der Waals surface area contributed by atoms with E-state index < -0.39 is 0 Å². The Morgan fingerprint density at radius 2 is 2.00 bits per heavy atom. The second-order valence-electron chi connectivity index (χ2n) is 3.09. The Morgan fingerprint density at radius 3 is 3.00 bits per heavy atom. The Kier molecular flexibility index (Phi) is 1.27. The number of para-hydroxylation sites is 1. The van der Waals surface area contributed by atoms with Crippen LogP contribution in [0.1, 0.15) is 0 Å². The molecule has 0 unspecified atom stereocenters. The average Bonchev–Trinajstić information content (AvgIpc) is 2.56. The van der Waals surface area contributed by atoms with Crippen molar-refractivity contribution >= 4 is 28.8 Å². The van der Waals surface area contributed by atoms with Gasteiger partial charge in [0.2, 0.25) is 0 Å². The third-order valence-electron chi connectivity index (χ3n) is 2.31. The molecular formula is C10H7BN2. The van der Waals surface area contributed by atoms with E-state index in [0.29, 0.717) is 0 Å². The molecule has 3 aromatic rings. The predicted molar refractivity (Wildman–Crippen MR) is 54.9 cm³/mol. The molecular weight excluding hydrogens is 159 g/mol. The van der Waals surface area contributed by atoms with E-state index in [1.54, 1.807) is 0 Å². The Bertz CT molecular complexity index is 521. The number of benzene rings is 1. The van der Waals surface area contributed by atoms with Gasteiger partial charge in [-0.25, -0.2) is 0 Å². The van der Waals surface area contributed by atoms with Crippen molar-refractivity contribution in [3.05, 3.63) is 36.5 Å². The van der Waals surface area contributed by atoms with Crippen LogP contribution in [-0.2, 0) is 0 Å². The number of nitrogens with one attached hydrogen (secondary N) is 1. The van der Waals surface area contributed by atoms with Crippen LogP contribution in [0.15, 0.2) is 36.5 Å². The van der Waals surface area contributed by atoms with Crippen molar-refractivity contribution < 1.29 is 0 Å². The Morgan fingerprint density at radius 1 is 1.08 bits per heavy atom. The summed E-state index contributed by atoms with van der Waals surface area (Å²) in [5, 5.41) is 2.51. The van der Waals surface area contributed by atoms with E-state index in [9.17, 15) is 0 Å². The molecule has 3 rings (SSSR count). The van der Waals surface area contributed by atoms with E-state index in [0.717, 1.165) is 5.41 Å². The van der Waals surface area contributed by atoms with Crippen LogP contribution in [0, 0.1) is 0 Å². The standard InChI is InChI=1S/C10H7BN2/c1-2-4-9-7(3-1)8-5-6-12-11-10(8)13-9/h1-6,13H. The number of nitrogens with zero attached hydrogens (tertiary/aromatic N) is 1. The molecule has 0 fully saturated rings. The van der Waals surface area contributed by atoms with Gasteiger partial charge in [0.15, 0.2) is 0 Å². The van der Waals surface area contributed by atoms with Gasteiger partial charge < -0.3 is 0 Å². The minimum atomic E-state index is 1.10. The van der Waals surface area contributed by atoms with Gasteiger partial charge in [-0.2, -0.15) is 0 Å². The van der Waals surface area contributed by atoms with Crippen molar-refractivity contribution in [2.24, 2.45) is 0 Å². The first-order valence-corrected chi connectivity index (χ1v) is 4.25. The molecule has 0 saturated carbocycles.